The van der Waals surface area contributed by atoms with Gasteiger partial charge in [-0.25, -0.2) is 0 Å². The molecule has 1 saturated heterocycles. The first-order chi connectivity index (χ1) is 10.8. The molecule has 1 aliphatic rings. The van der Waals surface area contributed by atoms with Crippen molar-refractivity contribution >= 4 is 27.5 Å². The minimum absolute atomic E-state index is 0.538. The lowest BCUT2D eigenvalue weighted by Gasteiger charge is -2.29. The normalized spacial score (nSPS) is 16.0. The van der Waals surface area contributed by atoms with Gasteiger partial charge in [-0.1, -0.05) is 6.07 Å². The molecule has 0 unspecified atom stereocenters. The number of pyridine rings is 1. The van der Waals surface area contributed by atoms with Crippen molar-refractivity contribution in [3.63, 3.8) is 0 Å². The molecular weight excluding hydrogens is 284 g/mol. The van der Waals surface area contributed by atoms with Gasteiger partial charge in [0.15, 0.2) is 0 Å². The summed E-state index contributed by atoms with van der Waals surface area (Å²) in [7, 11) is 0. The fourth-order valence-corrected chi connectivity index (χ4v) is 3.44. The van der Waals surface area contributed by atoms with Crippen LogP contribution in [0.1, 0.15) is 25.8 Å². The van der Waals surface area contributed by atoms with E-state index in [4.69, 9.17) is 0 Å². The maximum absolute atomic E-state index is 13.6. The molecule has 1 aliphatic heterocycles. The van der Waals surface area contributed by atoms with Gasteiger partial charge >= 0.3 is 6.55 Å². The Balaban J connectivity index is 1.94. The van der Waals surface area contributed by atoms with Gasteiger partial charge in [0.1, 0.15) is 0 Å². The van der Waals surface area contributed by atoms with Gasteiger partial charge in [-0.15, -0.1) is 0 Å². The Bertz CT molecular complexity index is 819. The third-order valence-electron chi connectivity index (χ3n) is 4.51. The molecule has 114 valence electrons. The molecule has 0 aliphatic carbocycles. The van der Waals surface area contributed by atoms with E-state index in [1.54, 1.807) is 18.5 Å². The third kappa shape index (κ3) is 2.03. The van der Waals surface area contributed by atoms with Crippen molar-refractivity contribution in [3.05, 3.63) is 36.7 Å². The first kappa shape index (κ1) is 13.5. The molecule has 0 amide bonds. The fourth-order valence-electron chi connectivity index (χ4n) is 3.44. The standard InChI is InChI=1S/C17H17F2N3/c18-17(19)22-15-6-7-20-11-14(15)13-5-4-12(10-16(13)22)21-8-2-1-3-9-21/h4-7,10-11,17H,1-3,8-9H2. The molecular formula is C17H17F2N3. The molecule has 0 spiro atoms. The molecule has 3 heterocycles. The minimum atomic E-state index is -2.56. The van der Waals surface area contributed by atoms with E-state index in [1.807, 2.05) is 18.2 Å². The van der Waals surface area contributed by atoms with Crippen LogP contribution in [0.3, 0.4) is 0 Å². The highest BCUT2D eigenvalue weighted by Gasteiger charge is 2.18. The number of alkyl halides is 2. The van der Waals surface area contributed by atoms with E-state index in [0.29, 0.717) is 11.0 Å². The van der Waals surface area contributed by atoms with Gasteiger partial charge in [0.2, 0.25) is 0 Å². The van der Waals surface area contributed by atoms with Gasteiger partial charge in [0, 0.05) is 41.9 Å². The summed E-state index contributed by atoms with van der Waals surface area (Å²) in [6, 6.07) is 7.53. The van der Waals surface area contributed by atoms with E-state index in [2.05, 4.69) is 9.88 Å². The Kier molecular flexibility index (Phi) is 3.21. The molecule has 1 fully saturated rings. The average molecular weight is 301 g/mol. The maximum atomic E-state index is 13.6. The van der Waals surface area contributed by atoms with Crippen LogP contribution in [0.4, 0.5) is 14.5 Å². The van der Waals surface area contributed by atoms with Crippen LogP contribution in [-0.4, -0.2) is 22.6 Å². The minimum Gasteiger partial charge on any atom is -0.371 e. The second-order valence-electron chi connectivity index (χ2n) is 5.79. The zero-order valence-electron chi connectivity index (χ0n) is 12.2. The van der Waals surface area contributed by atoms with Crippen LogP contribution in [0, 0.1) is 0 Å². The summed E-state index contributed by atoms with van der Waals surface area (Å²) < 4.78 is 28.2. The van der Waals surface area contributed by atoms with Crippen molar-refractivity contribution in [1.29, 1.82) is 0 Å². The lowest BCUT2D eigenvalue weighted by Crippen LogP contribution is -2.29. The molecule has 0 saturated carbocycles. The molecule has 3 nitrogen and oxygen atoms in total. The average Bonchev–Trinajstić information content (AvgIpc) is 2.89. The van der Waals surface area contributed by atoms with Crippen molar-refractivity contribution in [1.82, 2.24) is 9.55 Å². The molecule has 0 radical (unpaired) electrons. The van der Waals surface area contributed by atoms with E-state index >= 15 is 0 Å². The number of halogens is 2. The second-order valence-corrected chi connectivity index (χ2v) is 5.79. The number of fused-ring (bicyclic) bond motifs is 3. The molecule has 0 bridgehead atoms. The van der Waals surface area contributed by atoms with Crippen molar-refractivity contribution in [2.75, 3.05) is 18.0 Å². The van der Waals surface area contributed by atoms with Crippen LogP contribution in [0.5, 0.6) is 0 Å². The predicted molar refractivity (Wildman–Crippen MR) is 84.6 cm³/mol. The van der Waals surface area contributed by atoms with Crippen molar-refractivity contribution in [3.8, 4) is 0 Å². The van der Waals surface area contributed by atoms with Gasteiger partial charge in [-0.3, -0.25) is 9.55 Å². The summed E-state index contributed by atoms with van der Waals surface area (Å²) in [5, 5.41) is 1.62. The number of rotatable bonds is 2. The topological polar surface area (TPSA) is 21.1 Å². The lowest BCUT2D eigenvalue weighted by atomic mass is 10.1. The highest BCUT2D eigenvalue weighted by Crippen LogP contribution is 2.35. The molecule has 4 rings (SSSR count). The molecule has 0 N–H and O–H groups in total. The number of hydrogen-bond donors (Lipinski definition) is 0. The van der Waals surface area contributed by atoms with Crippen molar-refractivity contribution in [2.24, 2.45) is 0 Å². The number of hydrogen-bond acceptors (Lipinski definition) is 2. The van der Waals surface area contributed by atoms with Crippen LogP contribution >= 0.6 is 0 Å². The SMILES string of the molecule is FC(F)n1c2ccncc2c2ccc(N3CCCCC3)cc21. The van der Waals surface area contributed by atoms with Crippen LogP contribution in [0.25, 0.3) is 21.8 Å². The van der Waals surface area contributed by atoms with E-state index in [1.165, 1.54) is 19.3 Å². The third-order valence-corrected chi connectivity index (χ3v) is 4.51. The van der Waals surface area contributed by atoms with E-state index in [9.17, 15) is 8.78 Å². The summed E-state index contributed by atoms with van der Waals surface area (Å²) in [5.74, 6) is 0. The summed E-state index contributed by atoms with van der Waals surface area (Å²) in [6.07, 6.45) is 6.81. The smallest absolute Gasteiger partial charge is 0.319 e. The van der Waals surface area contributed by atoms with Crippen LogP contribution in [-0.2, 0) is 0 Å². The summed E-state index contributed by atoms with van der Waals surface area (Å²) in [6.45, 7) is -0.553. The van der Waals surface area contributed by atoms with E-state index in [-0.39, 0.29) is 0 Å². The number of nitrogens with zero attached hydrogens (tertiary/aromatic N) is 3. The number of benzene rings is 1. The first-order valence-electron chi connectivity index (χ1n) is 7.66. The Labute approximate surface area is 127 Å². The second kappa shape index (κ2) is 5.23. The zero-order chi connectivity index (χ0) is 15.1. The monoisotopic (exact) mass is 301 g/mol. The largest absolute Gasteiger partial charge is 0.371 e. The number of anilines is 1. The maximum Gasteiger partial charge on any atom is 0.319 e. The van der Waals surface area contributed by atoms with Gasteiger partial charge < -0.3 is 4.90 Å². The summed E-state index contributed by atoms with van der Waals surface area (Å²) in [5.41, 5.74) is 2.15. The Hall–Kier alpha value is -2.17. The lowest BCUT2D eigenvalue weighted by molar-refractivity contribution is 0.0796. The van der Waals surface area contributed by atoms with Crippen molar-refractivity contribution < 1.29 is 8.78 Å². The molecule has 3 aromatic rings. The number of aromatic nitrogens is 2. The Morgan fingerprint density at radius 2 is 1.77 bits per heavy atom. The summed E-state index contributed by atoms with van der Waals surface area (Å²) in [4.78, 5) is 6.37. The summed E-state index contributed by atoms with van der Waals surface area (Å²) >= 11 is 0. The number of piperidine rings is 1. The Morgan fingerprint density at radius 3 is 2.55 bits per heavy atom. The highest BCUT2D eigenvalue weighted by molar-refractivity contribution is 6.08. The highest BCUT2D eigenvalue weighted by atomic mass is 19.3. The molecule has 1 aromatic carbocycles. The molecule has 22 heavy (non-hydrogen) atoms. The van der Waals surface area contributed by atoms with Crippen LogP contribution in [0.15, 0.2) is 36.7 Å². The van der Waals surface area contributed by atoms with Gasteiger partial charge in [0.25, 0.3) is 0 Å². The van der Waals surface area contributed by atoms with E-state index in [0.717, 1.165) is 34.1 Å². The van der Waals surface area contributed by atoms with Crippen LogP contribution < -0.4 is 4.90 Å². The predicted octanol–water partition coefficient (Wildman–Crippen LogP) is 4.57. The first-order valence-corrected chi connectivity index (χ1v) is 7.66. The fraction of sp³-hybridized carbons (Fsp3) is 0.353. The van der Waals surface area contributed by atoms with Gasteiger partial charge in [-0.05, 0) is 37.5 Å². The molecule has 5 heteroatoms. The van der Waals surface area contributed by atoms with E-state index < -0.39 is 6.55 Å². The zero-order valence-corrected chi connectivity index (χ0v) is 12.2. The van der Waals surface area contributed by atoms with Crippen LogP contribution in [0.2, 0.25) is 0 Å². The molecule has 2 aromatic heterocycles. The van der Waals surface area contributed by atoms with Crippen molar-refractivity contribution in [2.45, 2.75) is 25.8 Å². The quantitative estimate of drug-likeness (QED) is 0.691. The Morgan fingerprint density at radius 1 is 0.955 bits per heavy atom. The van der Waals surface area contributed by atoms with Gasteiger partial charge in [0.05, 0.1) is 11.0 Å². The van der Waals surface area contributed by atoms with Gasteiger partial charge in [-0.2, -0.15) is 8.78 Å². The molecule has 0 atom stereocenters.